The number of anilines is 2. The lowest BCUT2D eigenvalue weighted by Crippen LogP contribution is -2.37. The van der Waals surface area contributed by atoms with Gasteiger partial charge in [-0.05, 0) is 48.0 Å². The smallest absolute Gasteiger partial charge is 0.343 e. The van der Waals surface area contributed by atoms with Crippen molar-refractivity contribution in [3.05, 3.63) is 129 Å². The summed E-state index contributed by atoms with van der Waals surface area (Å²) in [5.41, 5.74) is 1.30. The number of halogens is 1. The topological polar surface area (TPSA) is 119 Å². The molecule has 2 amide bonds. The summed E-state index contributed by atoms with van der Waals surface area (Å²) in [6.07, 6.45) is -1.20. The highest BCUT2D eigenvalue weighted by Crippen LogP contribution is 2.48. The van der Waals surface area contributed by atoms with Crippen LogP contribution in [0.3, 0.4) is 0 Å². The fourth-order valence-corrected chi connectivity index (χ4v) is 5.28. The lowest BCUT2D eigenvalue weighted by Gasteiger charge is -2.29. The Labute approximate surface area is 238 Å². The highest BCUT2D eigenvalue weighted by molar-refractivity contribution is 6.36. The van der Waals surface area contributed by atoms with E-state index >= 15 is 0 Å². The second-order valence-electron chi connectivity index (χ2n) is 9.39. The summed E-state index contributed by atoms with van der Waals surface area (Å²) in [5.74, 6) is -2.37. The molecule has 4 aromatic carbocycles. The highest BCUT2D eigenvalue weighted by Gasteiger charge is 2.60. The molecule has 11 heteroatoms. The highest BCUT2D eigenvalue weighted by atomic mass is 35.5. The molecule has 2 aliphatic rings. The first kappa shape index (κ1) is 26.2. The van der Waals surface area contributed by atoms with E-state index in [1.54, 1.807) is 84.9 Å². The molecule has 4 aromatic rings. The maximum atomic E-state index is 13.8. The third kappa shape index (κ3) is 4.69. The van der Waals surface area contributed by atoms with E-state index in [0.29, 0.717) is 16.8 Å². The number of carbonyl (C=O) groups excluding carboxylic acids is 3. The number of hydroxylamine groups is 1. The average Bonchev–Trinajstić information content (AvgIpc) is 3.50. The molecule has 204 valence electrons. The van der Waals surface area contributed by atoms with Crippen molar-refractivity contribution in [1.82, 2.24) is 0 Å². The van der Waals surface area contributed by atoms with E-state index in [4.69, 9.17) is 21.2 Å². The fraction of sp³-hybridized carbons (Fsp3) is 0.100. The predicted molar refractivity (Wildman–Crippen MR) is 148 cm³/mol. The maximum Gasteiger partial charge on any atom is 0.343 e. The van der Waals surface area contributed by atoms with Gasteiger partial charge in [-0.15, -0.1) is 0 Å². The van der Waals surface area contributed by atoms with Gasteiger partial charge in [0.2, 0.25) is 5.91 Å². The Morgan fingerprint density at radius 2 is 1.59 bits per heavy atom. The Balaban J connectivity index is 1.37. The van der Waals surface area contributed by atoms with Gasteiger partial charge >= 0.3 is 5.97 Å². The molecule has 0 spiro atoms. The molecule has 0 aliphatic carbocycles. The molecule has 0 N–H and O–H groups in total. The third-order valence-electron chi connectivity index (χ3n) is 6.95. The molecule has 2 fully saturated rings. The molecule has 41 heavy (non-hydrogen) atoms. The third-order valence-corrected chi connectivity index (χ3v) is 7.27. The Hall–Kier alpha value is -5.06. The number of non-ortho nitro benzene ring substituents is 1. The summed E-state index contributed by atoms with van der Waals surface area (Å²) in [6.45, 7) is 0. The van der Waals surface area contributed by atoms with Crippen LogP contribution in [-0.4, -0.2) is 28.8 Å². The van der Waals surface area contributed by atoms with Crippen molar-refractivity contribution in [3.63, 3.8) is 0 Å². The summed E-state index contributed by atoms with van der Waals surface area (Å²) in [6, 6.07) is 26.4. The van der Waals surface area contributed by atoms with Gasteiger partial charge in [0, 0.05) is 12.1 Å². The van der Waals surface area contributed by atoms with Crippen molar-refractivity contribution in [2.45, 2.75) is 12.1 Å². The van der Waals surface area contributed by atoms with Gasteiger partial charge in [-0.3, -0.25) is 24.5 Å². The van der Waals surface area contributed by atoms with Crippen LogP contribution >= 0.6 is 11.6 Å². The lowest BCUT2D eigenvalue weighted by atomic mass is 9.90. The summed E-state index contributed by atoms with van der Waals surface area (Å²) in [4.78, 5) is 57.8. The van der Waals surface area contributed by atoms with Crippen LogP contribution in [0.25, 0.3) is 0 Å². The van der Waals surface area contributed by atoms with Crippen LogP contribution in [0, 0.1) is 16.0 Å². The average molecular weight is 570 g/mol. The number of esters is 1. The van der Waals surface area contributed by atoms with Crippen LogP contribution in [0.15, 0.2) is 103 Å². The molecule has 0 radical (unpaired) electrons. The normalized spacial score (nSPS) is 19.8. The minimum Gasteiger partial charge on any atom is -0.423 e. The first-order valence-electron chi connectivity index (χ1n) is 12.5. The van der Waals surface area contributed by atoms with E-state index in [-0.39, 0.29) is 22.1 Å². The predicted octanol–water partition coefficient (Wildman–Crippen LogP) is 5.52. The van der Waals surface area contributed by atoms with Gasteiger partial charge in [0.15, 0.2) is 6.10 Å². The zero-order valence-electron chi connectivity index (χ0n) is 21.1. The van der Waals surface area contributed by atoms with Gasteiger partial charge in [-0.1, -0.05) is 60.1 Å². The minimum absolute atomic E-state index is 0.180. The summed E-state index contributed by atoms with van der Waals surface area (Å²) < 4.78 is 5.48. The van der Waals surface area contributed by atoms with Gasteiger partial charge in [-0.2, -0.15) is 0 Å². The molecule has 2 aliphatic heterocycles. The number of amides is 2. The van der Waals surface area contributed by atoms with Crippen LogP contribution < -0.4 is 14.7 Å². The number of para-hydroxylation sites is 1. The van der Waals surface area contributed by atoms with Crippen molar-refractivity contribution in [2.24, 2.45) is 5.92 Å². The SMILES string of the molecule is O=C(Oc1ccc([C@@H]2[C@@H]3C(=O)N(c4ccccc4Cl)C(=O)[C@H]3ON2c2cccc([N+](=O)[O-])c2)cc1)c1ccccc1. The largest absolute Gasteiger partial charge is 0.423 e. The number of ether oxygens (including phenoxy) is 1. The van der Waals surface area contributed by atoms with E-state index in [0.717, 1.165) is 4.90 Å². The zero-order chi connectivity index (χ0) is 28.7. The molecular formula is C30H20ClN3O7. The molecule has 6 rings (SSSR count). The second-order valence-corrected chi connectivity index (χ2v) is 9.79. The maximum absolute atomic E-state index is 13.8. The zero-order valence-corrected chi connectivity index (χ0v) is 21.9. The Bertz CT molecular complexity index is 1680. The molecule has 2 heterocycles. The molecule has 0 saturated carbocycles. The summed E-state index contributed by atoms with van der Waals surface area (Å²) >= 11 is 6.32. The number of fused-ring (bicyclic) bond motifs is 1. The Kier molecular flexibility index (Phi) is 6.70. The van der Waals surface area contributed by atoms with Gasteiger partial charge < -0.3 is 4.74 Å². The van der Waals surface area contributed by atoms with E-state index in [2.05, 4.69) is 0 Å². The number of nitro benzene ring substituents is 1. The van der Waals surface area contributed by atoms with Crippen molar-refractivity contribution < 1.29 is 28.9 Å². The Morgan fingerprint density at radius 1 is 0.878 bits per heavy atom. The van der Waals surface area contributed by atoms with Crippen molar-refractivity contribution >= 4 is 46.4 Å². The molecule has 0 aromatic heterocycles. The van der Waals surface area contributed by atoms with Gasteiger partial charge in [-0.25, -0.2) is 14.8 Å². The summed E-state index contributed by atoms with van der Waals surface area (Å²) in [7, 11) is 0. The van der Waals surface area contributed by atoms with Gasteiger partial charge in [0.05, 0.1) is 32.9 Å². The first-order valence-corrected chi connectivity index (χ1v) is 12.9. The van der Waals surface area contributed by atoms with Crippen molar-refractivity contribution in [2.75, 3.05) is 9.96 Å². The lowest BCUT2D eigenvalue weighted by molar-refractivity contribution is -0.384. The first-order chi connectivity index (χ1) is 19.8. The quantitative estimate of drug-likeness (QED) is 0.0979. The van der Waals surface area contributed by atoms with Gasteiger partial charge in [0.25, 0.3) is 11.6 Å². The van der Waals surface area contributed by atoms with Crippen LogP contribution in [0.4, 0.5) is 17.1 Å². The second kappa shape index (κ2) is 10.5. The fourth-order valence-electron chi connectivity index (χ4n) is 5.06. The van der Waals surface area contributed by atoms with Crippen LogP contribution in [0.1, 0.15) is 22.0 Å². The van der Waals surface area contributed by atoms with Crippen molar-refractivity contribution in [3.8, 4) is 5.75 Å². The molecule has 2 saturated heterocycles. The van der Waals surface area contributed by atoms with Crippen LogP contribution in [-0.2, 0) is 14.4 Å². The number of benzene rings is 4. The molecule has 10 nitrogen and oxygen atoms in total. The number of imide groups is 1. The van der Waals surface area contributed by atoms with Crippen LogP contribution in [0.2, 0.25) is 5.02 Å². The van der Waals surface area contributed by atoms with Crippen molar-refractivity contribution in [1.29, 1.82) is 0 Å². The number of nitrogens with zero attached hydrogens (tertiary/aromatic N) is 3. The van der Waals surface area contributed by atoms with E-state index in [1.165, 1.54) is 23.3 Å². The minimum atomic E-state index is -1.20. The molecule has 3 atom stereocenters. The molecule has 0 bridgehead atoms. The standard InChI is InChI=1S/C30H20ClN3O7/c31-23-11-4-5-12-24(23)32-28(35)25-26(18-13-15-22(16-14-18)40-30(37)19-7-2-1-3-8-19)33(41-27(25)29(32)36)20-9-6-10-21(17-20)34(38)39/h1-17,25-27H/t25-,26+,27-/m0/s1. The monoisotopic (exact) mass is 569 g/mol. The molecular weight excluding hydrogens is 550 g/mol. The van der Waals surface area contributed by atoms with E-state index < -0.39 is 40.8 Å². The number of hydrogen-bond acceptors (Lipinski definition) is 8. The molecule has 0 unspecified atom stereocenters. The Morgan fingerprint density at radius 3 is 2.29 bits per heavy atom. The summed E-state index contributed by atoms with van der Waals surface area (Å²) in [5, 5.41) is 13.0. The number of carbonyl (C=O) groups is 3. The van der Waals surface area contributed by atoms with Crippen LogP contribution in [0.5, 0.6) is 5.75 Å². The number of rotatable bonds is 6. The number of hydrogen-bond donors (Lipinski definition) is 0. The number of nitro groups is 1. The van der Waals surface area contributed by atoms with E-state index in [9.17, 15) is 24.5 Å². The van der Waals surface area contributed by atoms with E-state index in [1.807, 2.05) is 0 Å². The van der Waals surface area contributed by atoms with Gasteiger partial charge in [0.1, 0.15) is 11.7 Å².